The summed E-state index contributed by atoms with van der Waals surface area (Å²) >= 11 is 0. The fraction of sp³-hybridized carbons (Fsp3) is 0.600. The highest BCUT2D eigenvalue weighted by Gasteiger charge is 2.23. The van der Waals surface area contributed by atoms with Crippen molar-refractivity contribution in [2.45, 2.75) is 6.92 Å². The molecule has 0 spiro atoms. The van der Waals surface area contributed by atoms with Crippen LogP contribution in [0.3, 0.4) is 0 Å². The lowest BCUT2D eigenvalue weighted by Crippen LogP contribution is -2.49. The van der Waals surface area contributed by atoms with Gasteiger partial charge in [-0.15, -0.1) is 0 Å². The summed E-state index contributed by atoms with van der Waals surface area (Å²) in [6.07, 6.45) is 1.08. The third kappa shape index (κ3) is 4.79. The lowest BCUT2D eigenvalue weighted by atomic mass is 10.3. The smallest absolute Gasteiger partial charge is 0.409 e. The first-order valence-electron chi connectivity index (χ1n) is 7.91. The molecule has 2 amide bonds. The molecule has 132 valence electrons. The van der Waals surface area contributed by atoms with Crippen LogP contribution in [0.1, 0.15) is 17.4 Å². The standard InChI is InChI=1S/C15H23N5O4/c1-3-24-15(22)20-7-5-19(6-8-20)13-10-12(17-11-18-13)14(21)16-4-9-23-2/h10-11H,3-9H2,1-2H3,(H,16,21). The minimum atomic E-state index is -0.293. The van der Waals surface area contributed by atoms with E-state index < -0.39 is 0 Å². The lowest BCUT2D eigenvalue weighted by Gasteiger charge is -2.34. The zero-order chi connectivity index (χ0) is 17.4. The number of nitrogens with one attached hydrogen (secondary N) is 1. The van der Waals surface area contributed by atoms with Gasteiger partial charge in [0.15, 0.2) is 0 Å². The normalized spacial score (nSPS) is 14.4. The number of carbonyl (C=O) groups excluding carboxylic acids is 2. The van der Waals surface area contributed by atoms with Crippen molar-refractivity contribution in [1.82, 2.24) is 20.2 Å². The van der Waals surface area contributed by atoms with Crippen LogP contribution < -0.4 is 10.2 Å². The fourth-order valence-corrected chi connectivity index (χ4v) is 2.33. The fourth-order valence-electron chi connectivity index (χ4n) is 2.33. The van der Waals surface area contributed by atoms with E-state index in [0.29, 0.717) is 57.4 Å². The van der Waals surface area contributed by atoms with Crippen molar-refractivity contribution in [3.05, 3.63) is 18.1 Å². The molecule has 1 aromatic rings. The van der Waals surface area contributed by atoms with Crippen LogP contribution >= 0.6 is 0 Å². The Labute approximate surface area is 140 Å². The third-order valence-electron chi connectivity index (χ3n) is 3.61. The molecule has 9 heteroatoms. The molecule has 0 bridgehead atoms. The van der Waals surface area contributed by atoms with Gasteiger partial charge in [0, 0.05) is 45.9 Å². The second kappa shape index (κ2) is 9.02. The molecule has 9 nitrogen and oxygen atoms in total. The lowest BCUT2D eigenvalue weighted by molar-refractivity contribution is 0.0932. The quantitative estimate of drug-likeness (QED) is 0.737. The molecule has 24 heavy (non-hydrogen) atoms. The maximum Gasteiger partial charge on any atom is 0.409 e. The Hall–Kier alpha value is -2.42. The number of hydrogen-bond acceptors (Lipinski definition) is 7. The van der Waals surface area contributed by atoms with Gasteiger partial charge in [-0.1, -0.05) is 0 Å². The van der Waals surface area contributed by atoms with E-state index in [1.54, 1.807) is 25.0 Å². The summed E-state index contributed by atoms with van der Waals surface area (Å²) in [6.45, 7) is 5.38. The van der Waals surface area contributed by atoms with Crippen molar-refractivity contribution in [2.24, 2.45) is 0 Å². The average Bonchev–Trinajstić information content (AvgIpc) is 2.62. The highest BCUT2D eigenvalue weighted by Crippen LogP contribution is 2.14. The zero-order valence-electron chi connectivity index (χ0n) is 14.0. The van der Waals surface area contributed by atoms with Crippen LogP contribution in [0.2, 0.25) is 0 Å². The molecule has 1 N–H and O–H groups in total. The second-order valence-corrected chi connectivity index (χ2v) is 5.18. The molecule has 1 aliphatic rings. The summed E-state index contributed by atoms with van der Waals surface area (Å²) in [5.41, 5.74) is 0.309. The minimum absolute atomic E-state index is 0.263. The van der Waals surface area contributed by atoms with E-state index in [0.717, 1.165) is 0 Å². The highest BCUT2D eigenvalue weighted by atomic mass is 16.6. The van der Waals surface area contributed by atoms with Gasteiger partial charge >= 0.3 is 6.09 Å². The summed E-state index contributed by atoms with van der Waals surface area (Å²) in [5, 5.41) is 2.72. The predicted octanol–water partition coefficient (Wildman–Crippen LogP) is 0.131. The van der Waals surface area contributed by atoms with Crippen LogP contribution in [0.4, 0.5) is 10.6 Å². The highest BCUT2D eigenvalue weighted by molar-refractivity contribution is 5.92. The summed E-state index contributed by atoms with van der Waals surface area (Å²) in [7, 11) is 1.57. The number of ether oxygens (including phenoxy) is 2. The molecule has 2 rings (SSSR count). The molecule has 0 atom stereocenters. The van der Waals surface area contributed by atoms with Crippen LogP contribution in [-0.2, 0) is 9.47 Å². The second-order valence-electron chi connectivity index (χ2n) is 5.18. The van der Waals surface area contributed by atoms with Gasteiger partial charge in [-0.3, -0.25) is 4.79 Å². The van der Waals surface area contributed by atoms with E-state index in [1.165, 1.54) is 6.33 Å². The van der Waals surface area contributed by atoms with E-state index >= 15 is 0 Å². The Balaban J connectivity index is 1.92. The minimum Gasteiger partial charge on any atom is -0.450 e. The molecule has 1 aliphatic heterocycles. The van der Waals surface area contributed by atoms with Gasteiger partial charge < -0.3 is 24.6 Å². The molecule has 0 saturated carbocycles. The molecule has 1 fully saturated rings. The van der Waals surface area contributed by atoms with Crippen molar-refractivity contribution in [2.75, 3.05) is 57.9 Å². The van der Waals surface area contributed by atoms with E-state index in [9.17, 15) is 9.59 Å². The van der Waals surface area contributed by atoms with Gasteiger partial charge in [-0.25, -0.2) is 14.8 Å². The van der Waals surface area contributed by atoms with Crippen molar-refractivity contribution >= 4 is 17.8 Å². The maximum atomic E-state index is 12.0. The Morgan fingerprint density at radius 1 is 1.25 bits per heavy atom. The third-order valence-corrected chi connectivity index (χ3v) is 3.61. The van der Waals surface area contributed by atoms with Crippen LogP contribution in [0.25, 0.3) is 0 Å². The topological polar surface area (TPSA) is 96.9 Å². The summed E-state index contributed by atoms with van der Waals surface area (Å²) in [4.78, 5) is 35.6. The van der Waals surface area contributed by atoms with Crippen molar-refractivity contribution in [3.8, 4) is 0 Å². The van der Waals surface area contributed by atoms with Gasteiger partial charge in [0.2, 0.25) is 0 Å². The Kier molecular flexibility index (Phi) is 6.74. The molecular weight excluding hydrogens is 314 g/mol. The summed E-state index contributed by atoms with van der Waals surface area (Å²) in [6, 6.07) is 1.65. The molecule has 1 saturated heterocycles. The number of carbonyl (C=O) groups is 2. The number of nitrogens with zero attached hydrogens (tertiary/aromatic N) is 4. The van der Waals surface area contributed by atoms with Crippen molar-refractivity contribution in [3.63, 3.8) is 0 Å². The van der Waals surface area contributed by atoms with E-state index in [1.807, 2.05) is 4.90 Å². The molecule has 2 heterocycles. The van der Waals surface area contributed by atoms with Crippen LogP contribution in [0, 0.1) is 0 Å². The van der Waals surface area contributed by atoms with Gasteiger partial charge in [-0.2, -0.15) is 0 Å². The summed E-state index contributed by atoms with van der Waals surface area (Å²) < 4.78 is 9.89. The first kappa shape index (κ1) is 17.9. The molecule has 0 radical (unpaired) electrons. The van der Waals surface area contributed by atoms with Crippen molar-refractivity contribution in [1.29, 1.82) is 0 Å². The Morgan fingerprint density at radius 3 is 2.67 bits per heavy atom. The van der Waals surface area contributed by atoms with Crippen LogP contribution in [-0.4, -0.2) is 79.9 Å². The number of anilines is 1. The number of amides is 2. The number of aromatic nitrogens is 2. The monoisotopic (exact) mass is 337 g/mol. The Morgan fingerprint density at radius 2 is 2.00 bits per heavy atom. The van der Waals surface area contributed by atoms with E-state index in [-0.39, 0.29) is 12.0 Å². The zero-order valence-corrected chi connectivity index (χ0v) is 14.0. The maximum absolute atomic E-state index is 12.0. The van der Waals surface area contributed by atoms with Crippen LogP contribution in [0.5, 0.6) is 0 Å². The first-order chi connectivity index (χ1) is 11.7. The number of methoxy groups -OCH3 is 1. The van der Waals surface area contributed by atoms with E-state index in [2.05, 4.69) is 15.3 Å². The summed E-state index contributed by atoms with van der Waals surface area (Å²) in [5.74, 6) is 0.409. The van der Waals surface area contributed by atoms with E-state index in [4.69, 9.17) is 9.47 Å². The van der Waals surface area contributed by atoms with Gasteiger partial charge in [0.25, 0.3) is 5.91 Å². The molecule has 0 aliphatic carbocycles. The van der Waals surface area contributed by atoms with Gasteiger partial charge in [0.05, 0.1) is 13.2 Å². The first-order valence-corrected chi connectivity index (χ1v) is 7.91. The van der Waals surface area contributed by atoms with Gasteiger partial charge in [0.1, 0.15) is 17.8 Å². The van der Waals surface area contributed by atoms with Crippen LogP contribution in [0.15, 0.2) is 12.4 Å². The Bertz CT molecular complexity index is 561. The number of rotatable bonds is 6. The molecule has 0 aromatic carbocycles. The predicted molar refractivity (Wildman–Crippen MR) is 87.0 cm³/mol. The SMILES string of the molecule is CCOC(=O)N1CCN(c2cc(C(=O)NCCOC)ncn2)CC1. The molecular formula is C15H23N5O4. The number of piperazine rings is 1. The average molecular weight is 337 g/mol. The van der Waals surface area contributed by atoms with Crippen molar-refractivity contribution < 1.29 is 19.1 Å². The number of hydrogen-bond donors (Lipinski definition) is 1. The molecule has 0 unspecified atom stereocenters. The van der Waals surface area contributed by atoms with Gasteiger partial charge in [-0.05, 0) is 6.92 Å². The molecule has 1 aromatic heterocycles. The largest absolute Gasteiger partial charge is 0.450 e.